The third kappa shape index (κ3) is 4.35. The van der Waals surface area contributed by atoms with Crippen molar-refractivity contribution in [3.63, 3.8) is 0 Å². The number of hydrogen-bond donors (Lipinski definition) is 1. The minimum atomic E-state index is 0.295. The van der Waals surface area contributed by atoms with E-state index in [0.717, 1.165) is 36.8 Å². The molecule has 0 bridgehead atoms. The molecule has 1 aromatic heterocycles. The number of aromatic nitrogens is 2. The van der Waals surface area contributed by atoms with Crippen LogP contribution in [-0.4, -0.2) is 43.3 Å². The van der Waals surface area contributed by atoms with Crippen molar-refractivity contribution in [2.24, 2.45) is 0 Å². The van der Waals surface area contributed by atoms with Crippen LogP contribution in [0.4, 0.5) is 11.6 Å². The normalized spacial score (nSPS) is 12.3. The molecular weight excluding hydrogens is 240 g/mol. The van der Waals surface area contributed by atoms with Crippen molar-refractivity contribution in [3.05, 3.63) is 11.9 Å². The highest BCUT2D eigenvalue weighted by atomic mass is 16.5. The van der Waals surface area contributed by atoms with Crippen LogP contribution in [0.25, 0.3) is 0 Å². The molecule has 0 fully saturated rings. The number of methoxy groups -OCH3 is 1. The summed E-state index contributed by atoms with van der Waals surface area (Å²) < 4.78 is 5.24. The van der Waals surface area contributed by atoms with Crippen molar-refractivity contribution < 1.29 is 4.74 Å². The Morgan fingerprint density at radius 3 is 2.63 bits per heavy atom. The molecule has 0 saturated carbocycles. The largest absolute Gasteiger partial charge is 0.383 e. The van der Waals surface area contributed by atoms with Gasteiger partial charge in [-0.05, 0) is 20.3 Å². The molecule has 0 amide bonds. The standard InChI is InChI=1S/C14H26N4O/c1-6-8-12-16-13(15-4)9-14(17-12)18(7-2)11(3)10-19-5/h9,11H,6-8,10H2,1-5H3,(H,15,16,17). The molecule has 1 heterocycles. The van der Waals surface area contributed by atoms with Crippen molar-refractivity contribution in [2.45, 2.75) is 39.7 Å². The molecule has 1 rings (SSSR count). The second-order valence-electron chi connectivity index (χ2n) is 4.62. The fourth-order valence-corrected chi connectivity index (χ4v) is 2.12. The molecule has 1 N–H and O–H groups in total. The van der Waals surface area contributed by atoms with Crippen LogP contribution in [0, 0.1) is 0 Å². The van der Waals surface area contributed by atoms with E-state index >= 15 is 0 Å². The van der Waals surface area contributed by atoms with Crippen LogP contribution in [0.1, 0.15) is 33.0 Å². The van der Waals surface area contributed by atoms with Gasteiger partial charge in [-0.2, -0.15) is 0 Å². The van der Waals surface area contributed by atoms with Gasteiger partial charge >= 0.3 is 0 Å². The molecule has 1 unspecified atom stereocenters. The lowest BCUT2D eigenvalue weighted by molar-refractivity contribution is 0.181. The third-order valence-corrected chi connectivity index (χ3v) is 3.06. The zero-order valence-corrected chi connectivity index (χ0v) is 12.7. The summed E-state index contributed by atoms with van der Waals surface area (Å²) >= 11 is 0. The van der Waals surface area contributed by atoms with Gasteiger partial charge in [0.25, 0.3) is 0 Å². The maximum atomic E-state index is 5.24. The first-order chi connectivity index (χ1) is 9.15. The molecule has 5 nitrogen and oxygen atoms in total. The van der Waals surface area contributed by atoms with E-state index in [1.54, 1.807) is 7.11 Å². The summed E-state index contributed by atoms with van der Waals surface area (Å²) in [6.07, 6.45) is 1.95. The van der Waals surface area contributed by atoms with Gasteiger partial charge in [0.1, 0.15) is 17.5 Å². The molecule has 0 radical (unpaired) electrons. The fraction of sp³-hybridized carbons (Fsp3) is 0.714. The Bertz CT molecular complexity index is 384. The Morgan fingerprint density at radius 2 is 2.11 bits per heavy atom. The minimum absolute atomic E-state index is 0.295. The van der Waals surface area contributed by atoms with Gasteiger partial charge in [-0.25, -0.2) is 9.97 Å². The predicted octanol–water partition coefficient (Wildman–Crippen LogP) is 2.33. The number of rotatable bonds is 8. The lowest BCUT2D eigenvalue weighted by Gasteiger charge is -2.29. The van der Waals surface area contributed by atoms with Crippen LogP contribution in [0.5, 0.6) is 0 Å². The fourth-order valence-electron chi connectivity index (χ4n) is 2.12. The molecule has 0 aliphatic carbocycles. The Labute approximate surface area is 116 Å². The van der Waals surface area contributed by atoms with E-state index in [1.165, 1.54) is 0 Å². The van der Waals surface area contributed by atoms with E-state index in [-0.39, 0.29) is 0 Å². The average Bonchev–Trinajstić information content (AvgIpc) is 2.40. The highest BCUT2D eigenvalue weighted by Gasteiger charge is 2.15. The van der Waals surface area contributed by atoms with E-state index in [4.69, 9.17) is 4.74 Å². The first kappa shape index (κ1) is 15.7. The van der Waals surface area contributed by atoms with Gasteiger partial charge in [-0.3, -0.25) is 0 Å². The van der Waals surface area contributed by atoms with Gasteiger partial charge in [0.2, 0.25) is 0 Å². The average molecular weight is 266 g/mol. The van der Waals surface area contributed by atoms with E-state index < -0.39 is 0 Å². The van der Waals surface area contributed by atoms with Gasteiger partial charge in [0.15, 0.2) is 0 Å². The summed E-state index contributed by atoms with van der Waals surface area (Å²) in [7, 11) is 3.61. The summed E-state index contributed by atoms with van der Waals surface area (Å²) in [6, 6.07) is 2.29. The smallest absolute Gasteiger partial charge is 0.134 e. The molecule has 1 atom stereocenters. The van der Waals surface area contributed by atoms with E-state index in [2.05, 4.69) is 41.0 Å². The molecule has 1 aromatic rings. The molecule has 5 heteroatoms. The summed E-state index contributed by atoms with van der Waals surface area (Å²) in [5, 5.41) is 3.11. The number of nitrogens with zero attached hydrogens (tertiary/aromatic N) is 3. The molecule has 0 aliphatic rings. The molecular formula is C14H26N4O. The minimum Gasteiger partial charge on any atom is -0.383 e. The van der Waals surface area contributed by atoms with Gasteiger partial charge in [0.05, 0.1) is 12.6 Å². The van der Waals surface area contributed by atoms with Crippen LogP contribution >= 0.6 is 0 Å². The number of nitrogens with one attached hydrogen (secondary N) is 1. The summed E-state index contributed by atoms with van der Waals surface area (Å²) in [4.78, 5) is 11.4. The molecule has 0 saturated heterocycles. The topological polar surface area (TPSA) is 50.3 Å². The number of hydrogen-bond acceptors (Lipinski definition) is 5. The first-order valence-electron chi connectivity index (χ1n) is 6.97. The Morgan fingerprint density at radius 1 is 1.37 bits per heavy atom. The van der Waals surface area contributed by atoms with Crippen molar-refractivity contribution >= 4 is 11.6 Å². The summed E-state index contributed by atoms with van der Waals surface area (Å²) in [6.45, 7) is 8.01. The quantitative estimate of drug-likeness (QED) is 0.782. The highest BCUT2D eigenvalue weighted by molar-refractivity contribution is 5.49. The van der Waals surface area contributed by atoms with E-state index in [1.807, 2.05) is 13.1 Å². The lowest BCUT2D eigenvalue weighted by Crippen LogP contribution is -2.37. The van der Waals surface area contributed by atoms with Gasteiger partial charge in [0, 0.05) is 33.2 Å². The SMILES string of the molecule is CCCc1nc(NC)cc(N(CC)C(C)COC)n1. The van der Waals surface area contributed by atoms with Crippen molar-refractivity contribution in [3.8, 4) is 0 Å². The molecule has 19 heavy (non-hydrogen) atoms. The summed E-state index contributed by atoms with van der Waals surface area (Å²) in [5.74, 6) is 2.73. The lowest BCUT2D eigenvalue weighted by atomic mass is 10.2. The third-order valence-electron chi connectivity index (χ3n) is 3.06. The van der Waals surface area contributed by atoms with Crippen LogP contribution in [0.15, 0.2) is 6.07 Å². The Balaban J connectivity index is 3.04. The number of aryl methyl sites for hydroxylation is 1. The maximum Gasteiger partial charge on any atom is 0.134 e. The number of likely N-dealkylation sites (N-methyl/N-ethyl adjacent to an activating group) is 1. The summed E-state index contributed by atoms with van der Waals surface area (Å²) in [5.41, 5.74) is 0. The second-order valence-corrected chi connectivity index (χ2v) is 4.62. The zero-order valence-electron chi connectivity index (χ0n) is 12.7. The van der Waals surface area contributed by atoms with E-state index in [0.29, 0.717) is 12.6 Å². The van der Waals surface area contributed by atoms with Gasteiger partial charge in [-0.1, -0.05) is 6.92 Å². The molecule has 108 valence electrons. The van der Waals surface area contributed by atoms with E-state index in [9.17, 15) is 0 Å². The first-order valence-corrected chi connectivity index (χ1v) is 6.97. The molecule has 0 aromatic carbocycles. The number of anilines is 2. The second kappa shape index (κ2) is 7.94. The van der Waals surface area contributed by atoms with Gasteiger partial charge in [-0.15, -0.1) is 0 Å². The van der Waals surface area contributed by atoms with Crippen molar-refractivity contribution in [1.82, 2.24) is 9.97 Å². The highest BCUT2D eigenvalue weighted by Crippen LogP contribution is 2.18. The van der Waals surface area contributed by atoms with Crippen LogP contribution in [0.3, 0.4) is 0 Å². The maximum absolute atomic E-state index is 5.24. The molecule has 0 aliphatic heterocycles. The van der Waals surface area contributed by atoms with Crippen LogP contribution in [0.2, 0.25) is 0 Å². The Kier molecular flexibility index (Phi) is 6.56. The van der Waals surface area contributed by atoms with Crippen LogP contribution < -0.4 is 10.2 Å². The van der Waals surface area contributed by atoms with Gasteiger partial charge < -0.3 is 15.0 Å². The molecule has 0 spiro atoms. The van der Waals surface area contributed by atoms with Crippen molar-refractivity contribution in [2.75, 3.05) is 37.5 Å². The zero-order chi connectivity index (χ0) is 14.3. The monoisotopic (exact) mass is 266 g/mol. The predicted molar refractivity (Wildman–Crippen MR) is 79.9 cm³/mol. The number of ether oxygens (including phenoxy) is 1. The van der Waals surface area contributed by atoms with Crippen molar-refractivity contribution in [1.29, 1.82) is 0 Å². The Hall–Kier alpha value is -1.36. The van der Waals surface area contributed by atoms with Crippen LogP contribution in [-0.2, 0) is 11.2 Å².